The fraction of sp³-hybridized carbons (Fsp3) is 0.211. The predicted octanol–water partition coefficient (Wildman–Crippen LogP) is 4.48. The number of aromatic nitrogens is 3. The van der Waals surface area contributed by atoms with Gasteiger partial charge in [0.25, 0.3) is 0 Å². The Hall–Kier alpha value is -2.31. The van der Waals surface area contributed by atoms with Crippen LogP contribution in [0.3, 0.4) is 0 Å². The number of hydrogen-bond acceptors (Lipinski definition) is 4. The first-order valence-electron chi connectivity index (χ1n) is 8.09. The summed E-state index contributed by atoms with van der Waals surface area (Å²) >= 11 is 7.57. The van der Waals surface area contributed by atoms with Gasteiger partial charge in [-0.2, -0.15) is 0 Å². The number of nitrogens with one attached hydrogen (secondary N) is 1. The van der Waals surface area contributed by atoms with Gasteiger partial charge in [0.15, 0.2) is 11.0 Å². The van der Waals surface area contributed by atoms with Crippen LogP contribution in [0, 0.1) is 13.8 Å². The van der Waals surface area contributed by atoms with Crippen molar-refractivity contribution in [3.63, 3.8) is 0 Å². The number of nitrogens with zero attached hydrogens (tertiary/aromatic N) is 3. The lowest BCUT2D eigenvalue weighted by molar-refractivity contribution is -0.113. The summed E-state index contributed by atoms with van der Waals surface area (Å²) in [7, 11) is 1.86. The van der Waals surface area contributed by atoms with E-state index in [9.17, 15) is 4.79 Å². The van der Waals surface area contributed by atoms with E-state index in [4.69, 9.17) is 11.6 Å². The fourth-order valence-electron chi connectivity index (χ4n) is 2.69. The number of carbonyl (C=O) groups excluding carboxylic acids is 1. The number of amides is 1. The van der Waals surface area contributed by atoms with Crippen LogP contribution >= 0.6 is 23.4 Å². The van der Waals surface area contributed by atoms with Crippen molar-refractivity contribution in [3.8, 4) is 11.4 Å². The first-order valence-corrected chi connectivity index (χ1v) is 9.45. The molecule has 0 aliphatic heterocycles. The zero-order chi connectivity index (χ0) is 18.7. The summed E-state index contributed by atoms with van der Waals surface area (Å²) < 4.78 is 1.84. The Kier molecular flexibility index (Phi) is 5.64. The molecule has 0 atom stereocenters. The normalized spacial score (nSPS) is 10.8. The lowest BCUT2D eigenvalue weighted by Gasteiger charge is -2.08. The molecule has 1 aromatic heterocycles. The van der Waals surface area contributed by atoms with Crippen molar-refractivity contribution in [2.24, 2.45) is 7.05 Å². The predicted molar refractivity (Wildman–Crippen MR) is 107 cm³/mol. The maximum absolute atomic E-state index is 12.2. The molecular formula is C19H19ClN4OS. The van der Waals surface area contributed by atoms with Crippen LogP contribution in [0.2, 0.25) is 5.02 Å². The van der Waals surface area contributed by atoms with E-state index < -0.39 is 0 Å². The summed E-state index contributed by atoms with van der Waals surface area (Å²) in [6.45, 7) is 4.01. The number of thioether (sulfide) groups is 1. The Bertz CT molecular complexity index is 934. The summed E-state index contributed by atoms with van der Waals surface area (Å²) in [4.78, 5) is 12.2. The van der Waals surface area contributed by atoms with Crippen molar-refractivity contribution in [3.05, 3.63) is 58.6 Å². The summed E-state index contributed by atoms with van der Waals surface area (Å²) in [5.74, 6) is 0.844. The maximum Gasteiger partial charge on any atom is 0.234 e. The lowest BCUT2D eigenvalue weighted by Crippen LogP contribution is -2.14. The zero-order valence-electron chi connectivity index (χ0n) is 14.8. The van der Waals surface area contributed by atoms with Crippen molar-refractivity contribution < 1.29 is 4.79 Å². The molecule has 0 spiro atoms. The first kappa shape index (κ1) is 18.5. The van der Waals surface area contributed by atoms with Crippen molar-refractivity contribution in [2.45, 2.75) is 19.0 Å². The Labute approximate surface area is 161 Å². The van der Waals surface area contributed by atoms with Crippen LogP contribution in [-0.4, -0.2) is 26.4 Å². The van der Waals surface area contributed by atoms with Gasteiger partial charge in [0, 0.05) is 18.3 Å². The minimum absolute atomic E-state index is 0.0812. The number of aryl methyl sites for hydroxylation is 2. The Morgan fingerprint density at radius 1 is 1.15 bits per heavy atom. The number of rotatable bonds is 5. The van der Waals surface area contributed by atoms with E-state index in [0.717, 1.165) is 22.4 Å². The van der Waals surface area contributed by atoms with E-state index in [1.165, 1.54) is 11.8 Å². The van der Waals surface area contributed by atoms with E-state index in [1.807, 2.05) is 61.9 Å². The average Bonchev–Trinajstić information content (AvgIpc) is 2.93. The standard InChI is InChI=1S/C19H19ClN4OS/c1-12-8-13(2)10-14(9-12)21-17(25)11-26-19-23-22-18(24(19)3)15-6-4-5-7-16(15)20/h4-10H,11H2,1-3H3,(H,21,25). The third-order valence-corrected chi connectivity index (χ3v) is 5.14. The lowest BCUT2D eigenvalue weighted by atomic mass is 10.1. The van der Waals surface area contributed by atoms with Crippen LogP contribution in [0.15, 0.2) is 47.6 Å². The molecule has 0 saturated heterocycles. The molecule has 5 nitrogen and oxygen atoms in total. The smallest absolute Gasteiger partial charge is 0.234 e. The van der Waals surface area contributed by atoms with Gasteiger partial charge in [-0.05, 0) is 49.2 Å². The van der Waals surface area contributed by atoms with Crippen LogP contribution in [0.1, 0.15) is 11.1 Å². The molecule has 0 saturated carbocycles. The largest absolute Gasteiger partial charge is 0.325 e. The topological polar surface area (TPSA) is 59.8 Å². The van der Waals surface area contributed by atoms with Crippen molar-refractivity contribution in [1.29, 1.82) is 0 Å². The van der Waals surface area contributed by atoms with Crippen LogP contribution < -0.4 is 5.32 Å². The summed E-state index contributed by atoms with van der Waals surface area (Å²) in [5, 5.41) is 12.6. The molecule has 3 aromatic rings. The SMILES string of the molecule is Cc1cc(C)cc(NC(=O)CSc2nnc(-c3ccccc3Cl)n2C)c1. The van der Waals surface area contributed by atoms with Crippen molar-refractivity contribution in [1.82, 2.24) is 14.8 Å². The third-order valence-electron chi connectivity index (χ3n) is 3.79. The second-order valence-electron chi connectivity index (χ2n) is 6.06. The van der Waals surface area contributed by atoms with Gasteiger partial charge in [-0.15, -0.1) is 10.2 Å². The van der Waals surface area contributed by atoms with E-state index in [0.29, 0.717) is 16.0 Å². The average molecular weight is 387 g/mol. The van der Waals surface area contributed by atoms with E-state index in [-0.39, 0.29) is 11.7 Å². The van der Waals surface area contributed by atoms with Crippen LogP contribution in [-0.2, 0) is 11.8 Å². The second-order valence-corrected chi connectivity index (χ2v) is 7.41. The van der Waals surface area contributed by atoms with E-state index in [2.05, 4.69) is 21.6 Å². The Morgan fingerprint density at radius 3 is 2.54 bits per heavy atom. The highest BCUT2D eigenvalue weighted by atomic mass is 35.5. The minimum atomic E-state index is -0.0812. The second kappa shape index (κ2) is 7.93. The molecule has 0 aliphatic carbocycles. The summed E-state index contributed by atoms with van der Waals surface area (Å²) in [6.07, 6.45) is 0. The number of anilines is 1. The van der Waals surface area contributed by atoms with Gasteiger partial charge in [0.1, 0.15) is 0 Å². The molecule has 0 fully saturated rings. The maximum atomic E-state index is 12.2. The molecular weight excluding hydrogens is 368 g/mol. The molecule has 3 rings (SSSR count). The van der Waals surface area contributed by atoms with Gasteiger partial charge in [0.2, 0.25) is 5.91 Å². The summed E-state index contributed by atoms with van der Waals surface area (Å²) in [6, 6.07) is 13.5. The molecule has 134 valence electrons. The van der Waals surface area contributed by atoms with Gasteiger partial charge in [-0.25, -0.2) is 0 Å². The number of hydrogen-bond donors (Lipinski definition) is 1. The fourth-order valence-corrected chi connectivity index (χ4v) is 3.62. The van der Waals surface area contributed by atoms with Crippen LogP contribution in [0.5, 0.6) is 0 Å². The number of benzene rings is 2. The van der Waals surface area contributed by atoms with E-state index in [1.54, 1.807) is 0 Å². The van der Waals surface area contributed by atoms with Gasteiger partial charge < -0.3 is 9.88 Å². The molecule has 0 unspecified atom stereocenters. The molecule has 0 radical (unpaired) electrons. The molecule has 1 N–H and O–H groups in total. The first-order chi connectivity index (χ1) is 12.4. The zero-order valence-corrected chi connectivity index (χ0v) is 16.4. The van der Waals surface area contributed by atoms with E-state index >= 15 is 0 Å². The quantitative estimate of drug-likeness (QED) is 0.656. The summed E-state index contributed by atoms with van der Waals surface area (Å²) in [5.41, 5.74) is 3.86. The highest BCUT2D eigenvalue weighted by Gasteiger charge is 2.15. The number of carbonyl (C=O) groups is 1. The van der Waals surface area contributed by atoms with Gasteiger partial charge in [0.05, 0.1) is 10.8 Å². The van der Waals surface area contributed by atoms with Gasteiger partial charge in [-0.3, -0.25) is 4.79 Å². The Morgan fingerprint density at radius 2 is 1.85 bits per heavy atom. The molecule has 0 aliphatic rings. The van der Waals surface area contributed by atoms with Crippen molar-refractivity contribution in [2.75, 3.05) is 11.1 Å². The Balaban J connectivity index is 1.67. The molecule has 0 bridgehead atoms. The highest BCUT2D eigenvalue weighted by molar-refractivity contribution is 7.99. The third kappa shape index (κ3) is 4.26. The monoisotopic (exact) mass is 386 g/mol. The highest BCUT2D eigenvalue weighted by Crippen LogP contribution is 2.28. The molecule has 7 heteroatoms. The van der Waals surface area contributed by atoms with Crippen molar-refractivity contribution >= 4 is 35.0 Å². The molecule has 26 heavy (non-hydrogen) atoms. The van der Waals surface area contributed by atoms with Crippen LogP contribution in [0.25, 0.3) is 11.4 Å². The molecule has 1 heterocycles. The number of halogens is 1. The minimum Gasteiger partial charge on any atom is -0.325 e. The molecule has 2 aromatic carbocycles. The van der Waals surface area contributed by atoms with Gasteiger partial charge in [-0.1, -0.05) is 41.6 Å². The van der Waals surface area contributed by atoms with Crippen LogP contribution in [0.4, 0.5) is 5.69 Å². The molecule has 1 amide bonds. The van der Waals surface area contributed by atoms with Gasteiger partial charge >= 0.3 is 0 Å².